The number of H-pyrrole nitrogens is 1. The Morgan fingerprint density at radius 2 is 1.88 bits per heavy atom. The smallest absolute Gasteiger partial charge is 0.255 e. The third-order valence-electron chi connectivity index (χ3n) is 6.31. The van der Waals surface area contributed by atoms with Gasteiger partial charge in [0.05, 0.1) is 39.1 Å². The lowest BCUT2D eigenvalue weighted by atomic mass is 10.00. The molecule has 32 heavy (non-hydrogen) atoms. The summed E-state index contributed by atoms with van der Waals surface area (Å²) in [5.41, 5.74) is 2.72. The van der Waals surface area contributed by atoms with E-state index in [4.69, 9.17) is 16.6 Å². The van der Waals surface area contributed by atoms with E-state index >= 15 is 0 Å². The number of halogens is 1. The van der Waals surface area contributed by atoms with Crippen LogP contribution in [0.15, 0.2) is 42.5 Å². The Morgan fingerprint density at radius 3 is 2.66 bits per heavy atom. The van der Waals surface area contributed by atoms with Crippen molar-refractivity contribution in [3.63, 3.8) is 0 Å². The number of benzene rings is 2. The first-order chi connectivity index (χ1) is 15.4. The number of fused-ring (bicyclic) bond motifs is 1. The number of likely N-dealkylation sites (tertiary alicyclic amines) is 1. The average molecular weight is 473 g/mol. The number of hydrogen-bond acceptors (Lipinski definition) is 4. The monoisotopic (exact) mass is 472 g/mol. The Hall–Kier alpha value is -2.58. The highest BCUT2D eigenvalue weighted by molar-refractivity contribution is 7.92. The zero-order chi connectivity index (χ0) is 22.3. The first kappa shape index (κ1) is 21.3. The van der Waals surface area contributed by atoms with Gasteiger partial charge in [-0.25, -0.2) is 13.4 Å². The molecule has 1 amide bonds. The van der Waals surface area contributed by atoms with Crippen LogP contribution in [0.1, 0.15) is 54.3 Å². The van der Waals surface area contributed by atoms with Crippen molar-refractivity contribution in [2.75, 3.05) is 23.1 Å². The van der Waals surface area contributed by atoms with E-state index in [9.17, 15) is 13.2 Å². The summed E-state index contributed by atoms with van der Waals surface area (Å²) in [7, 11) is -3.34. The molecule has 0 unspecified atom stereocenters. The van der Waals surface area contributed by atoms with Gasteiger partial charge in [-0.3, -0.25) is 9.10 Å². The van der Waals surface area contributed by atoms with Crippen molar-refractivity contribution in [3.05, 3.63) is 58.9 Å². The van der Waals surface area contributed by atoms with Crippen LogP contribution in [0.3, 0.4) is 0 Å². The first-order valence-electron chi connectivity index (χ1n) is 11.0. The van der Waals surface area contributed by atoms with E-state index in [2.05, 4.69) is 4.98 Å². The number of carbonyl (C=O) groups excluding carboxylic acids is 1. The van der Waals surface area contributed by atoms with Gasteiger partial charge in [0.1, 0.15) is 5.82 Å². The van der Waals surface area contributed by atoms with E-state index in [1.165, 1.54) is 4.31 Å². The summed E-state index contributed by atoms with van der Waals surface area (Å²) in [6.45, 7) is 1.06. The molecule has 9 heteroatoms. The van der Waals surface area contributed by atoms with Gasteiger partial charge < -0.3 is 9.88 Å². The van der Waals surface area contributed by atoms with Crippen LogP contribution in [-0.4, -0.2) is 48.0 Å². The van der Waals surface area contributed by atoms with E-state index < -0.39 is 10.0 Å². The number of imidazole rings is 1. The fraction of sp³-hybridized carbons (Fsp3) is 0.391. The van der Waals surface area contributed by atoms with Crippen LogP contribution in [0.25, 0.3) is 11.0 Å². The molecule has 3 heterocycles. The molecule has 0 radical (unpaired) electrons. The summed E-state index contributed by atoms with van der Waals surface area (Å²) in [6.07, 6.45) is 4.24. The molecule has 2 aromatic carbocycles. The van der Waals surface area contributed by atoms with E-state index in [1.54, 1.807) is 18.2 Å². The topological polar surface area (TPSA) is 86.4 Å². The Balaban J connectivity index is 1.44. The van der Waals surface area contributed by atoms with Crippen molar-refractivity contribution >= 4 is 44.3 Å². The number of nitrogens with zero attached hydrogens (tertiary/aromatic N) is 3. The fourth-order valence-electron chi connectivity index (χ4n) is 4.66. The Morgan fingerprint density at radius 1 is 1.06 bits per heavy atom. The van der Waals surface area contributed by atoms with Crippen molar-refractivity contribution in [2.45, 2.75) is 38.1 Å². The van der Waals surface area contributed by atoms with E-state index in [-0.39, 0.29) is 22.7 Å². The molecule has 0 spiro atoms. The number of aromatic amines is 1. The maximum Gasteiger partial charge on any atom is 0.255 e. The fourth-order valence-corrected chi connectivity index (χ4v) is 6.54. The zero-order valence-corrected chi connectivity index (χ0v) is 19.2. The predicted octanol–water partition coefficient (Wildman–Crippen LogP) is 4.51. The largest absolute Gasteiger partial charge is 0.340 e. The minimum atomic E-state index is -3.34. The second-order valence-electron chi connectivity index (χ2n) is 8.41. The molecule has 2 aliphatic rings. The van der Waals surface area contributed by atoms with Crippen LogP contribution < -0.4 is 4.31 Å². The van der Waals surface area contributed by atoms with Crippen LogP contribution in [0.4, 0.5) is 5.69 Å². The molecule has 1 atom stereocenters. The van der Waals surface area contributed by atoms with Gasteiger partial charge in [-0.15, -0.1) is 0 Å². The molecule has 1 aromatic heterocycles. The SMILES string of the molecule is O=C(c1ccc(N2CCCCS2(=O)=O)cc1Cl)N1CCCC[C@@H]1c1nc2ccccc2[nH]1. The molecular weight excluding hydrogens is 448 g/mol. The highest BCUT2D eigenvalue weighted by Crippen LogP contribution is 2.34. The second-order valence-corrected chi connectivity index (χ2v) is 10.8. The lowest BCUT2D eigenvalue weighted by molar-refractivity contribution is 0.0601. The van der Waals surface area contributed by atoms with Gasteiger partial charge >= 0.3 is 0 Å². The summed E-state index contributed by atoms with van der Waals surface area (Å²) in [5, 5.41) is 0.266. The maximum absolute atomic E-state index is 13.5. The number of para-hydroxylation sites is 2. The van der Waals surface area contributed by atoms with Gasteiger partial charge in [0.15, 0.2) is 0 Å². The number of nitrogens with one attached hydrogen (secondary N) is 1. The number of hydrogen-bond donors (Lipinski definition) is 1. The number of aromatic nitrogens is 2. The molecular formula is C23H25ClN4O3S. The molecule has 168 valence electrons. The number of piperidine rings is 1. The van der Waals surface area contributed by atoms with E-state index in [0.717, 1.165) is 42.5 Å². The summed E-state index contributed by atoms with van der Waals surface area (Å²) < 4.78 is 26.3. The van der Waals surface area contributed by atoms with Gasteiger partial charge in [-0.05, 0) is 62.4 Å². The van der Waals surface area contributed by atoms with Crippen LogP contribution >= 0.6 is 11.6 Å². The summed E-state index contributed by atoms with van der Waals surface area (Å²) in [6, 6.07) is 12.6. The van der Waals surface area contributed by atoms with Crippen molar-refractivity contribution < 1.29 is 13.2 Å². The Labute approximate surface area is 192 Å². The standard InChI is InChI=1S/C23H25ClN4O3S/c24-18-15-16(28-13-5-6-14-32(28,30)31)10-11-17(18)23(29)27-12-4-3-9-21(27)22-25-19-7-1-2-8-20(19)26-22/h1-2,7-8,10-11,15,21H,3-6,9,12-14H2,(H,25,26)/t21-/m1/s1. The van der Waals surface area contributed by atoms with Gasteiger partial charge in [0.25, 0.3) is 5.91 Å². The third kappa shape index (κ3) is 3.86. The van der Waals surface area contributed by atoms with Gasteiger partial charge in [-0.2, -0.15) is 0 Å². The number of anilines is 1. The number of amides is 1. The van der Waals surface area contributed by atoms with Gasteiger partial charge in [0, 0.05) is 13.1 Å². The third-order valence-corrected chi connectivity index (χ3v) is 8.49. The van der Waals surface area contributed by atoms with Crippen molar-refractivity contribution in [2.24, 2.45) is 0 Å². The lowest BCUT2D eigenvalue weighted by Gasteiger charge is -2.35. The molecule has 0 bridgehead atoms. The number of sulfonamides is 1. The Kier molecular flexibility index (Phi) is 5.59. The highest BCUT2D eigenvalue weighted by atomic mass is 35.5. The molecule has 2 saturated heterocycles. The van der Waals surface area contributed by atoms with Crippen LogP contribution in [0, 0.1) is 0 Å². The van der Waals surface area contributed by atoms with Crippen molar-refractivity contribution in [1.29, 1.82) is 0 Å². The normalized spacial score (nSPS) is 21.1. The molecule has 0 saturated carbocycles. The summed E-state index contributed by atoms with van der Waals surface area (Å²) in [4.78, 5) is 23.4. The predicted molar refractivity (Wildman–Crippen MR) is 126 cm³/mol. The minimum absolute atomic E-state index is 0.137. The summed E-state index contributed by atoms with van der Waals surface area (Å²) in [5.74, 6) is 0.762. The number of rotatable bonds is 3. The molecule has 2 aliphatic heterocycles. The van der Waals surface area contributed by atoms with Gasteiger partial charge in [-0.1, -0.05) is 23.7 Å². The molecule has 5 rings (SSSR count). The second kappa shape index (κ2) is 8.41. The zero-order valence-electron chi connectivity index (χ0n) is 17.6. The molecule has 2 fully saturated rings. The summed E-state index contributed by atoms with van der Waals surface area (Å²) >= 11 is 6.52. The van der Waals surface area contributed by atoms with E-state index in [0.29, 0.717) is 30.8 Å². The van der Waals surface area contributed by atoms with Crippen molar-refractivity contribution in [3.8, 4) is 0 Å². The molecule has 3 aromatic rings. The Bertz CT molecular complexity index is 1240. The van der Waals surface area contributed by atoms with Crippen LogP contribution in [-0.2, 0) is 10.0 Å². The molecule has 0 aliphatic carbocycles. The quantitative estimate of drug-likeness (QED) is 0.607. The number of carbonyl (C=O) groups is 1. The highest BCUT2D eigenvalue weighted by Gasteiger charge is 2.32. The van der Waals surface area contributed by atoms with Crippen molar-refractivity contribution in [1.82, 2.24) is 14.9 Å². The first-order valence-corrected chi connectivity index (χ1v) is 13.0. The maximum atomic E-state index is 13.5. The molecule has 1 N–H and O–H groups in total. The lowest BCUT2D eigenvalue weighted by Crippen LogP contribution is -2.39. The molecule has 7 nitrogen and oxygen atoms in total. The van der Waals surface area contributed by atoms with E-state index in [1.807, 2.05) is 29.2 Å². The van der Waals surface area contributed by atoms with Crippen LogP contribution in [0.5, 0.6) is 0 Å². The van der Waals surface area contributed by atoms with Crippen LogP contribution in [0.2, 0.25) is 5.02 Å². The van der Waals surface area contributed by atoms with Gasteiger partial charge in [0.2, 0.25) is 10.0 Å². The minimum Gasteiger partial charge on any atom is -0.340 e. The average Bonchev–Trinajstić information content (AvgIpc) is 3.22.